The number of likely N-dealkylation sites (tertiary alicyclic amines) is 1. The van der Waals surface area contributed by atoms with Gasteiger partial charge in [0.15, 0.2) is 0 Å². The minimum absolute atomic E-state index is 0.165. The van der Waals surface area contributed by atoms with Crippen molar-refractivity contribution in [2.24, 2.45) is 5.41 Å². The van der Waals surface area contributed by atoms with Crippen LogP contribution in [0.1, 0.15) is 5.56 Å². The van der Waals surface area contributed by atoms with Crippen molar-refractivity contribution >= 4 is 23.2 Å². The van der Waals surface area contributed by atoms with E-state index < -0.39 is 0 Å². The third-order valence-corrected chi connectivity index (χ3v) is 4.07. The monoisotopic (exact) mass is 243 g/mol. The standard InChI is InChI=1S/C12H15Cl2N/c13-7-12(8-14)9-15(10-12)6-11-4-2-1-3-5-11/h1-5H,6-10H2. The van der Waals surface area contributed by atoms with E-state index in [0.717, 1.165) is 19.6 Å². The van der Waals surface area contributed by atoms with E-state index in [-0.39, 0.29) is 5.41 Å². The summed E-state index contributed by atoms with van der Waals surface area (Å²) in [6, 6.07) is 10.5. The van der Waals surface area contributed by atoms with E-state index in [1.165, 1.54) is 5.56 Å². The third-order valence-electron chi connectivity index (χ3n) is 2.93. The van der Waals surface area contributed by atoms with Crippen LogP contribution in [0, 0.1) is 5.41 Å². The number of halogens is 2. The van der Waals surface area contributed by atoms with Crippen LogP contribution in [0.3, 0.4) is 0 Å². The van der Waals surface area contributed by atoms with E-state index in [2.05, 4.69) is 29.2 Å². The Bertz CT molecular complexity index is 301. The summed E-state index contributed by atoms with van der Waals surface area (Å²) in [7, 11) is 0. The predicted molar refractivity (Wildman–Crippen MR) is 65.6 cm³/mol. The molecular weight excluding hydrogens is 229 g/mol. The fraction of sp³-hybridized carbons (Fsp3) is 0.500. The summed E-state index contributed by atoms with van der Waals surface area (Å²) in [5.74, 6) is 1.34. The van der Waals surface area contributed by atoms with Crippen LogP contribution in [-0.2, 0) is 6.54 Å². The zero-order chi connectivity index (χ0) is 10.7. The molecule has 1 saturated heterocycles. The van der Waals surface area contributed by atoms with E-state index in [1.54, 1.807) is 0 Å². The average molecular weight is 244 g/mol. The van der Waals surface area contributed by atoms with Gasteiger partial charge < -0.3 is 0 Å². The lowest BCUT2D eigenvalue weighted by molar-refractivity contribution is 0.0298. The Morgan fingerprint density at radius 3 is 2.20 bits per heavy atom. The largest absolute Gasteiger partial charge is 0.298 e. The zero-order valence-corrected chi connectivity index (χ0v) is 10.1. The molecule has 0 bridgehead atoms. The molecule has 1 nitrogen and oxygen atoms in total. The van der Waals surface area contributed by atoms with Crippen LogP contribution in [0.25, 0.3) is 0 Å². The molecule has 1 aliphatic heterocycles. The highest BCUT2D eigenvalue weighted by atomic mass is 35.5. The molecule has 0 spiro atoms. The Morgan fingerprint density at radius 2 is 1.67 bits per heavy atom. The molecule has 0 aliphatic carbocycles. The fourth-order valence-corrected chi connectivity index (χ4v) is 2.68. The molecule has 1 fully saturated rings. The lowest BCUT2D eigenvalue weighted by Crippen LogP contribution is -2.57. The minimum Gasteiger partial charge on any atom is -0.298 e. The summed E-state index contributed by atoms with van der Waals surface area (Å²) < 4.78 is 0. The topological polar surface area (TPSA) is 3.24 Å². The lowest BCUT2D eigenvalue weighted by Gasteiger charge is -2.48. The third kappa shape index (κ3) is 2.47. The second-order valence-electron chi connectivity index (χ2n) is 4.40. The first kappa shape index (κ1) is 11.3. The first-order chi connectivity index (χ1) is 7.28. The molecule has 1 aromatic rings. The van der Waals surface area contributed by atoms with Crippen molar-refractivity contribution in [3.8, 4) is 0 Å². The molecule has 1 aromatic carbocycles. The summed E-state index contributed by atoms with van der Waals surface area (Å²) in [5, 5.41) is 0. The summed E-state index contributed by atoms with van der Waals surface area (Å²) in [6.07, 6.45) is 0. The quantitative estimate of drug-likeness (QED) is 0.736. The highest BCUT2D eigenvalue weighted by Crippen LogP contribution is 2.33. The number of hydrogen-bond acceptors (Lipinski definition) is 1. The maximum atomic E-state index is 5.92. The van der Waals surface area contributed by atoms with Crippen LogP contribution >= 0.6 is 23.2 Å². The maximum absolute atomic E-state index is 5.92. The molecule has 82 valence electrons. The van der Waals surface area contributed by atoms with Gasteiger partial charge >= 0.3 is 0 Å². The summed E-state index contributed by atoms with van der Waals surface area (Å²) in [5.41, 5.74) is 1.52. The molecular formula is C12H15Cl2N. The van der Waals surface area contributed by atoms with Crippen molar-refractivity contribution in [1.29, 1.82) is 0 Å². The van der Waals surface area contributed by atoms with Crippen molar-refractivity contribution in [2.45, 2.75) is 6.54 Å². The van der Waals surface area contributed by atoms with Crippen molar-refractivity contribution in [1.82, 2.24) is 4.90 Å². The molecule has 3 heteroatoms. The van der Waals surface area contributed by atoms with Gasteiger partial charge in [-0.25, -0.2) is 0 Å². The second-order valence-corrected chi connectivity index (χ2v) is 4.93. The number of alkyl halides is 2. The van der Waals surface area contributed by atoms with Gasteiger partial charge in [-0.05, 0) is 5.56 Å². The van der Waals surface area contributed by atoms with Gasteiger partial charge in [0.25, 0.3) is 0 Å². The molecule has 0 atom stereocenters. The van der Waals surface area contributed by atoms with Crippen LogP contribution in [-0.4, -0.2) is 29.7 Å². The molecule has 0 amide bonds. The number of benzene rings is 1. The molecule has 0 unspecified atom stereocenters. The van der Waals surface area contributed by atoms with E-state index >= 15 is 0 Å². The maximum Gasteiger partial charge on any atom is 0.0316 e. The van der Waals surface area contributed by atoms with Gasteiger partial charge in [0.2, 0.25) is 0 Å². The van der Waals surface area contributed by atoms with Gasteiger partial charge in [0, 0.05) is 36.8 Å². The molecule has 0 radical (unpaired) electrons. The molecule has 0 N–H and O–H groups in total. The smallest absolute Gasteiger partial charge is 0.0316 e. The van der Waals surface area contributed by atoms with Crippen molar-refractivity contribution in [2.75, 3.05) is 24.8 Å². The van der Waals surface area contributed by atoms with Crippen LogP contribution < -0.4 is 0 Å². The molecule has 1 heterocycles. The van der Waals surface area contributed by atoms with Crippen LogP contribution in [0.4, 0.5) is 0 Å². The number of rotatable bonds is 4. The predicted octanol–water partition coefficient (Wildman–Crippen LogP) is 2.97. The van der Waals surface area contributed by atoms with E-state index in [0.29, 0.717) is 11.8 Å². The molecule has 15 heavy (non-hydrogen) atoms. The fourth-order valence-electron chi connectivity index (χ4n) is 2.06. The Morgan fingerprint density at radius 1 is 1.07 bits per heavy atom. The van der Waals surface area contributed by atoms with Gasteiger partial charge in [-0.2, -0.15) is 0 Å². The zero-order valence-electron chi connectivity index (χ0n) is 8.63. The molecule has 2 rings (SSSR count). The van der Waals surface area contributed by atoms with Crippen molar-refractivity contribution in [3.63, 3.8) is 0 Å². The summed E-state index contributed by atoms with van der Waals surface area (Å²) in [4.78, 5) is 2.39. The van der Waals surface area contributed by atoms with Gasteiger partial charge in [-0.3, -0.25) is 4.90 Å². The van der Waals surface area contributed by atoms with E-state index in [9.17, 15) is 0 Å². The van der Waals surface area contributed by atoms with Crippen molar-refractivity contribution < 1.29 is 0 Å². The van der Waals surface area contributed by atoms with E-state index in [1.807, 2.05) is 6.07 Å². The average Bonchev–Trinajstić information content (AvgIpc) is 2.24. The number of hydrogen-bond donors (Lipinski definition) is 0. The summed E-state index contributed by atoms with van der Waals surface area (Å²) in [6.45, 7) is 3.06. The minimum atomic E-state index is 0.165. The SMILES string of the molecule is ClCC1(CCl)CN(Cc2ccccc2)C1. The highest BCUT2D eigenvalue weighted by molar-refractivity contribution is 6.21. The molecule has 1 aliphatic rings. The lowest BCUT2D eigenvalue weighted by atomic mass is 9.83. The summed E-state index contributed by atoms with van der Waals surface area (Å²) >= 11 is 11.8. The first-order valence-electron chi connectivity index (χ1n) is 5.16. The Hall–Kier alpha value is -0.240. The van der Waals surface area contributed by atoms with Gasteiger partial charge in [-0.15, -0.1) is 23.2 Å². The van der Waals surface area contributed by atoms with Gasteiger partial charge in [-0.1, -0.05) is 30.3 Å². The van der Waals surface area contributed by atoms with Crippen LogP contribution in [0.5, 0.6) is 0 Å². The normalized spacial score (nSPS) is 19.9. The molecule has 0 aromatic heterocycles. The molecule has 0 saturated carbocycles. The second kappa shape index (κ2) is 4.73. The van der Waals surface area contributed by atoms with Crippen LogP contribution in [0.15, 0.2) is 30.3 Å². The Labute approximate surface area is 101 Å². The number of nitrogens with zero attached hydrogens (tertiary/aromatic N) is 1. The van der Waals surface area contributed by atoms with Gasteiger partial charge in [0.05, 0.1) is 0 Å². The Kier molecular flexibility index (Phi) is 3.55. The van der Waals surface area contributed by atoms with Gasteiger partial charge in [0.1, 0.15) is 0 Å². The van der Waals surface area contributed by atoms with Crippen molar-refractivity contribution in [3.05, 3.63) is 35.9 Å². The van der Waals surface area contributed by atoms with Crippen LogP contribution in [0.2, 0.25) is 0 Å². The highest BCUT2D eigenvalue weighted by Gasteiger charge is 2.41. The first-order valence-corrected chi connectivity index (χ1v) is 6.23. The van der Waals surface area contributed by atoms with E-state index in [4.69, 9.17) is 23.2 Å². The Balaban J connectivity index is 1.86.